The van der Waals surface area contributed by atoms with E-state index < -0.39 is 0 Å². The van der Waals surface area contributed by atoms with E-state index in [9.17, 15) is 4.79 Å². The highest BCUT2D eigenvalue weighted by Gasteiger charge is 2.17. The number of methoxy groups -OCH3 is 2. The molecule has 1 aromatic heterocycles. The third-order valence-electron chi connectivity index (χ3n) is 3.76. The van der Waals surface area contributed by atoms with Gasteiger partial charge in [0.25, 0.3) is 5.91 Å². The van der Waals surface area contributed by atoms with Gasteiger partial charge in [-0.3, -0.25) is 4.79 Å². The quantitative estimate of drug-likeness (QED) is 0.560. The zero-order chi connectivity index (χ0) is 18.4. The van der Waals surface area contributed by atoms with Crippen molar-refractivity contribution in [2.24, 2.45) is 0 Å². The van der Waals surface area contributed by atoms with Crippen LogP contribution in [0.15, 0.2) is 64.2 Å². The minimum Gasteiger partial charge on any atom is -0.493 e. The van der Waals surface area contributed by atoms with E-state index in [1.165, 1.54) is 12.7 Å². The molecule has 0 aliphatic rings. The van der Waals surface area contributed by atoms with Gasteiger partial charge in [-0.15, -0.1) is 11.8 Å². The maximum absolute atomic E-state index is 12.8. The summed E-state index contributed by atoms with van der Waals surface area (Å²) in [4.78, 5) is 13.8. The van der Waals surface area contributed by atoms with Gasteiger partial charge in [0.2, 0.25) is 0 Å². The maximum Gasteiger partial charge on any atom is 0.259 e. The Hall–Kier alpha value is -2.44. The highest BCUT2D eigenvalue weighted by atomic mass is 32.2. The van der Waals surface area contributed by atoms with Crippen LogP contribution in [0.2, 0.25) is 0 Å². The lowest BCUT2D eigenvalue weighted by Crippen LogP contribution is -2.14. The molecule has 0 bridgehead atoms. The topological polar surface area (TPSA) is 47.6 Å². The van der Waals surface area contributed by atoms with Crippen LogP contribution in [0, 0.1) is 0 Å². The predicted molar refractivity (Wildman–Crippen MR) is 108 cm³/mol. The third-order valence-corrected chi connectivity index (χ3v) is 5.63. The molecule has 1 N–H and O–H groups in total. The average Bonchev–Trinajstić information content (AvgIpc) is 3.20. The second-order valence-electron chi connectivity index (χ2n) is 5.41. The number of benzene rings is 2. The van der Waals surface area contributed by atoms with Crippen LogP contribution in [0.3, 0.4) is 0 Å². The number of thiophene rings is 1. The Balaban J connectivity index is 1.80. The van der Waals surface area contributed by atoms with Crippen LogP contribution in [-0.2, 0) is 5.75 Å². The molecule has 0 unspecified atom stereocenters. The lowest BCUT2D eigenvalue weighted by atomic mass is 10.1. The highest BCUT2D eigenvalue weighted by molar-refractivity contribution is 7.98. The van der Waals surface area contributed by atoms with Crippen LogP contribution >= 0.6 is 23.1 Å². The smallest absolute Gasteiger partial charge is 0.259 e. The van der Waals surface area contributed by atoms with Gasteiger partial charge in [0.1, 0.15) is 0 Å². The van der Waals surface area contributed by atoms with Crippen molar-refractivity contribution in [2.75, 3.05) is 19.5 Å². The summed E-state index contributed by atoms with van der Waals surface area (Å²) in [6.45, 7) is 0. The van der Waals surface area contributed by atoms with Gasteiger partial charge in [-0.25, -0.2) is 0 Å². The number of hydrogen-bond acceptors (Lipinski definition) is 5. The number of hydrogen-bond donors (Lipinski definition) is 1. The first-order valence-electron chi connectivity index (χ1n) is 7.98. The molecule has 0 fully saturated rings. The number of nitrogens with one attached hydrogen (secondary N) is 1. The van der Waals surface area contributed by atoms with Crippen molar-refractivity contribution in [3.8, 4) is 11.5 Å². The molecule has 3 rings (SSSR count). The molecule has 1 amide bonds. The summed E-state index contributed by atoms with van der Waals surface area (Å²) >= 11 is 3.38. The first-order chi connectivity index (χ1) is 12.7. The van der Waals surface area contributed by atoms with Gasteiger partial charge in [-0.1, -0.05) is 18.2 Å². The van der Waals surface area contributed by atoms with Crippen molar-refractivity contribution in [2.45, 2.75) is 10.6 Å². The molecule has 4 nitrogen and oxygen atoms in total. The van der Waals surface area contributed by atoms with E-state index in [2.05, 4.69) is 22.1 Å². The van der Waals surface area contributed by atoms with Crippen LogP contribution in [0.25, 0.3) is 0 Å². The monoisotopic (exact) mass is 385 g/mol. The van der Waals surface area contributed by atoms with E-state index in [0.717, 1.165) is 16.3 Å². The lowest BCUT2D eigenvalue weighted by molar-refractivity contribution is 0.102. The SMILES string of the molecule is COc1cccc(C(=O)Nc2ccccc2SCc2ccsc2)c1OC. The zero-order valence-corrected chi connectivity index (χ0v) is 16.2. The van der Waals surface area contributed by atoms with Gasteiger partial charge in [0, 0.05) is 10.6 Å². The Morgan fingerprint density at radius 2 is 1.92 bits per heavy atom. The van der Waals surface area contributed by atoms with E-state index in [1.807, 2.05) is 24.3 Å². The highest BCUT2D eigenvalue weighted by Crippen LogP contribution is 2.33. The Morgan fingerprint density at radius 1 is 1.08 bits per heavy atom. The number of thioether (sulfide) groups is 1. The van der Waals surface area contributed by atoms with Crippen molar-refractivity contribution in [3.05, 3.63) is 70.4 Å². The second kappa shape index (κ2) is 8.78. The summed E-state index contributed by atoms with van der Waals surface area (Å²) in [7, 11) is 3.08. The van der Waals surface area contributed by atoms with E-state index in [0.29, 0.717) is 17.1 Å². The molecule has 0 radical (unpaired) electrons. The molecule has 26 heavy (non-hydrogen) atoms. The fraction of sp³-hybridized carbons (Fsp3) is 0.150. The molecule has 3 aromatic rings. The molecule has 0 spiro atoms. The predicted octanol–water partition coefficient (Wildman–Crippen LogP) is 5.31. The number of carbonyl (C=O) groups excluding carboxylic acids is 1. The normalized spacial score (nSPS) is 10.4. The summed E-state index contributed by atoms with van der Waals surface area (Å²) in [5.41, 5.74) is 2.49. The fourth-order valence-electron chi connectivity index (χ4n) is 2.49. The van der Waals surface area contributed by atoms with E-state index in [1.54, 1.807) is 48.4 Å². The lowest BCUT2D eigenvalue weighted by Gasteiger charge is -2.14. The third kappa shape index (κ3) is 4.20. The summed E-state index contributed by atoms with van der Waals surface area (Å²) in [6.07, 6.45) is 0. The van der Waals surface area contributed by atoms with Gasteiger partial charge in [-0.2, -0.15) is 11.3 Å². The van der Waals surface area contributed by atoms with Crippen LogP contribution in [-0.4, -0.2) is 20.1 Å². The Kier molecular flexibility index (Phi) is 6.20. The molecule has 0 aliphatic carbocycles. The Morgan fingerprint density at radius 3 is 2.65 bits per heavy atom. The molecule has 0 saturated heterocycles. The standard InChI is InChI=1S/C20H19NO3S2/c1-23-17-8-5-6-15(19(17)24-2)20(22)21-16-7-3-4-9-18(16)26-13-14-10-11-25-12-14/h3-12H,13H2,1-2H3,(H,21,22). The average molecular weight is 386 g/mol. The summed E-state index contributed by atoms with van der Waals surface area (Å²) in [5, 5.41) is 7.19. The van der Waals surface area contributed by atoms with Crippen LogP contribution in [0.1, 0.15) is 15.9 Å². The number of anilines is 1. The summed E-state index contributed by atoms with van der Waals surface area (Å²) in [5.74, 6) is 1.58. The van der Waals surface area contributed by atoms with Gasteiger partial charge in [0.15, 0.2) is 11.5 Å². The van der Waals surface area contributed by atoms with Gasteiger partial charge >= 0.3 is 0 Å². The van der Waals surface area contributed by atoms with Gasteiger partial charge in [0.05, 0.1) is 25.5 Å². The van der Waals surface area contributed by atoms with E-state index >= 15 is 0 Å². The fourth-order valence-corrected chi connectivity index (χ4v) is 4.21. The first-order valence-corrected chi connectivity index (χ1v) is 9.91. The van der Waals surface area contributed by atoms with Crippen LogP contribution < -0.4 is 14.8 Å². The van der Waals surface area contributed by atoms with Crippen molar-refractivity contribution >= 4 is 34.7 Å². The Labute approximate surface area is 161 Å². The number of para-hydroxylation sites is 2. The van der Waals surface area contributed by atoms with Gasteiger partial charge < -0.3 is 14.8 Å². The molecule has 0 aliphatic heterocycles. The molecular weight excluding hydrogens is 366 g/mol. The molecule has 1 heterocycles. The summed E-state index contributed by atoms with van der Waals surface area (Å²) in [6, 6.07) is 15.2. The number of carbonyl (C=O) groups is 1. The molecule has 0 atom stereocenters. The van der Waals surface area contributed by atoms with E-state index in [4.69, 9.17) is 9.47 Å². The van der Waals surface area contributed by atoms with Gasteiger partial charge in [-0.05, 0) is 46.7 Å². The molecule has 2 aromatic carbocycles. The van der Waals surface area contributed by atoms with Crippen LogP contribution in [0.5, 0.6) is 11.5 Å². The van der Waals surface area contributed by atoms with Crippen molar-refractivity contribution in [3.63, 3.8) is 0 Å². The minimum atomic E-state index is -0.232. The van der Waals surface area contributed by atoms with Crippen molar-refractivity contribution in [1.82, 2.24) is 0 Å². The van der Waals surface area contributed by atoms with Crippen LogP contribution in [0.4, 0.5) is 5.69 Å². The van der Waals surface area contributed by atoms with Crippen molar-refractivity contribution < 1.29 is 14.3 Å². The number of rotatable bonds is 7. The zero-order valence-electron chi connectivity index (χ0n) is 14.5. The number of amides is 1. The minimum absolute atomic E-state index is 0.232. The Bertz CT molecular complexity index is 879. The second-order valence-corrected chi connectivity index (χ2v) is 7.21. The van der Waals surface area contributed by atoms with E-state index in [-0.39, 0.29) is 5.91 Å². The largest absolute Gasteiger partial charge is 0.493 e. The molecular formula is C20H19NO3S2. The first kappa shape index (κ1) is 18.4. The number of ether oxygens (including phenoxy) is 2. The van der Waals surface area contributed by atoms with Crippen molar-refractivity contribution in [1.29, 1.82) is 0 Å². The maximum atomic E-state index is 12.8. The molecule has 134 valence electrons. The molecule has 6 heteroatoms. The summed E-state index contributed by atoms with van der Waals surface area (Å²) < 4.78 is 10.6. The molecule has 0 saturated carbocycles.